The summed E-state index contributed by atoms with van der Waals surface area (Å²) in [7, 11) is 3.24. The van der Waals surface area contributed by atoms with Gasteiger partial charge in [-0.05, 0) is 64.9 Å². The standard InChI is InChI=1S/C24H22FNO3S/c1-28-20-14-17-11-12-26(23(27)10-7-16-5-8-18(25)9-6-16)24(22-4-3-13-30-22)19(17)15-21(20)29-2/h3-10,13-15,24H,11-12H2,1-2H3/b10-7+. The lowest BCUT2D eigenvalue weighted by atomic mass is 9.90. The van der Waals surface area contributed by atoms with E-state index in [4.69, 9.17) is 9.47 Å². The van der Waals surface area contributed by atoms with Gasteiger partial charge in [0, 0.05) is 17.5 Å². The molecule has 0 bridgehead atoms. The molecule has 154 valence electrons. The molecule has 30 heavy (non-hydrogen) atoms. The lowest BCUT2D eigenvalue weighted by Gasteiger charge is -2.37. The molecule has 4 rings (SSSR count). The van der Waals surface area contributed by atoms with Crippen molar-refractivity contribution < 1.29 is 18.7 Å². The average Bonchev–Trinajstić information content (AvgIpc) is 3.31. The number of ether oxygens (including phenoxy) is 2. The van der Waals surface area contributed by atoms with Crippen LogP contribution in [0.25, 0.3) is 6.08 Å². The molecule has 1 aliphatic rings. The van der Waals surface area contributed by atoms with Gasteiger partial charge in [0.1, 0.15) is 5.82 Å². The summed E-state index contributed by atoms with van der Waals surface area (Å²) in [6.45, 7) is 0.595. The van der Waals surface area contributed by atoms with Gasteiger partial charge in [-0.15, -0.1) is 11.3 Å². The number of hydrogen-bond acceptors (Lipinski definition) is 4. The second-order valence-corrected chi connectivity index (χ2v) is 7.97. The maximum Gasteiger partial charge on any atom is 0.247 e. The van der Waals surface area contributed by atoms with E-state index in [1.807, 2.05) is 34.5 Å². The van der Waals surface area contributed by atoms with E-state index in [9.17, 15) is 9.18 Å². The average molecular weight is 424 g/mol. The van der Waals surface area contributed by atoms with Crippen LogP contribution in [-0.4, -0.2) is 31.6 Å². The minimum atomic E-state index is -0.298. The van der Waals surface area contributed by atoms with E-state index in [2.05, 4.69) is 0 Å². The highest BCUT2D eigenvalue weighted by Crippen LogP contribution is 2.42. The number of thiophene rings is 1. The molecule has 0 saturated carbocycles. The van der Waals surface area contributed by atoms with Crippen LogP contribution in [0.2, 0.25) is 0 Å². The molecule has 1 amide bonds. The van der Waals surface area contributed by atoms with Crippen LogP contribution in [0.4, 0.5) is 4.39 Å². The number of carbonyl (C=O) groups excluding carboxylic acids is 1. The number of hydrogen-bond donors (Lipinski definition) is 0. The molecule has 0 radical (unpaired) electrons. The van der Waals surface area contributed by atoms with E-state index in [0.717, 1.165) is 28.0 Å². The number of rotatable bonds is 5. The van der Waals surface area contributed by atoms with Gasteiger partial charge >= 0.3 is 0 Å². The molecule has 0 saturated heterocycles. The Hall–Kier alpha value is -3.12. The molecule has 6 heteroatoms. The largest absolute Gasteiger partial charge is 0.493 e. The molecule has 0 spiro atoms. The van der Waals surface area contributed by atoms with Gasteiger partial charge in [-0.1, -0.05) is 18.2 Å². The van der Waals surface area contributed by atoms with E-state index in [-0.39, 0.29) is 17.8 Å². The van der Waals surface area contributed by atoms with Gasteiger partial charge in [0.25, 0.3) is 0 Å². The molecule has 0 fully saturated rings. The summed E-state index contributed by atoms with van der Waals surface area (Å²) >= 11 is 1.62. The van der Waals surface area contributed by atoms with Crippen LogP contribution >= 0.6 is 11.3 Å². The van der Waals surface area contributed by atoms with E-state index in [1.54, 1.807) is 49.8 Å². The third-order valence-corrected chi connectivity index (χ3v) is 6.18. The number of amides is 1. The summed E-state index contributed by atoms with van der Waals surface area (Å²) in [4.78, 5) is 16.1. The van der Waals surface area contributed by atoms with E-state index in [1.165, 1.54) is 12.1 Å². The predicted molar refractivity (Wildman–Crippen MR) is 117 cm³/mol. The van der Waals surface area contributed by atoms with Gasteiger partial charge in [0.05, 0.1) is 20.3 Å². The number of halogens is 1. The Balaban J connectivity index is 1.70. The molecule has 3 aromatic rings. The highest BCUT2D eigenvalue weighted by atomic mass is 32.1. The number of fused-ring (bicyclic) bond motifs is 1. The van der Waals surface area contributed by atoms with Crippen molar-refractivity contribution in [3.05, 3.63) is 87.4 Å². The lowest BCUT2D eigenvalue weighted by molar-refractivity contribution is -0.127. The van der Waals surface area contributed by atoms with Crippen molar-refractivity contribution in [3.63, 3.8) is 0 Å². The first-order chi connectivity index (χ1) is 14.6. The van der Waals surface area contributed by atoms with Gasteiger partial charge in [-0.3, -0.25) is 4.79 Å². The number of nitrogens with zero attached hydrogens (tertiary/aromatic N) is 1. The summed E-state index contributed by atoms with van der Waals surface area (Å²) in [6, 6.07) is 13.9. The molecule has 1 aliphatic heterocycles. The van der Waals surface area contributed by atoms with Crippen LogP contribution < -0.4 is 9.47 Å². The van der Waals surface area contributed by atoms with E-state index in [0.29, 0.717) is 18.0 Å². The fourth-order valence-corrected chi connectivity index (χ4v) is 4.63. The molecule has 4 nitrogen and oxygen atoms in total. The zero-order valence-corrected chi connectivity index (χ0v) is 17.6. The van der Waals surface area contributed by atoms with Crippen LogP contribution in [-0.2, 0) is 11.2 Å². The van der Waals surface area contributed by atoms with Crippen molar-refractivity contribution in [1.29, 1.82) is 0 Å². The smallest absolute Gasteiger partial charge is 0.247 e. The fraction of sp³-hybridized carbons (Fsp3) is 0.208. The Morgan fingerprint density at radius 2 is 1.87 bits per heavy atom. The van der Waals surface area contributed by atoms with Gasteiger partial charge in [-0.25, -0.2) is 4.39 Å². The number of benzene rings is 2. The molecule has 2 heterocycles. The highest BCUT2D eigenvalue weighted by Gasteiger charge is 2.33. The second kappa shape index (κ2) is 8.71. The molecule has 1 aromatic heterocycles. The predicted octanol–water partition coefficient (Wildman–Crippen LogP) is 5.09. The quantitative estimate of drug-likeness (QED) is 0.537. The van der Waals surface area contributed by atoms with Gasteiger partial charge < -0.3 is 14.4 Å². The first-order valence-corrected chi connectivity index (χ1v) is 10.5. The number of carbonyl (C=O) groups is 1. The van der Waals surface area contributed by atoms with Crippen molar-refractivity contribution in [3.8, 4) is 11.5 Å². The van der Waals surface area contributed by atoms with Crippen molar-refractivity contribution in [2.75, 3.05) is 20.8 Å². The van der Waals surface area contributed by atoms with E-state index < -0.39 is 0 Å². The van der Waals surface area contributed by atoms with Gasteiger partial charge in [0.2, 0.25) is 5.91 Å². The molecule has 0 N–H and O–H groups in total. The fourth-order valence-electron chi connectivity index (χ4n) is 3.77. The molecule has 2 aromatic carbocycles. The van der Waals surface area contributed by atoms with Crippen LogP contribution in [0.15, 0.2) is 60.0 Å². The van der Waals surface area contributed by atoms with Crippen molar-refractivity contribution in [2.45, 2.75) is 12.5 Å². The topological polar surface area (TPSA) is 38.8 Å². The van der Waals surface area contributed by atoms with Gasteiger partial charge in [0.15, 0.2) is 11.5 Å². The zero-order valence-electron chi connectivity index (χ0n) is 16.8. The third-order valence-electron chi connectivity index (χ3n) is 5.26. The SMILES string of the molecule is COc1cc2c(cc1OC)C(c1cccs1)N(C(=O)/C=C/c1ccc(F)cc1)CC2. The van der Waals surface area contributed by atoms with Crippen LogP contribution in [0.3, 0.4) is 0 Å². The maximum absolute atomic E-state index is 13.1. The second-order valence-electron chi connectivity index (χ2n) is 6.99. The maximum atomic E-state index is 13.1. The van der Waals surface area contributed by atoms with Crippen LogP contribution in [0, 0.1) is 5.82 Å². The Morgan fingerprint density at radius 1 is 1.13 bits per heavy atom. The number of methoxy groups -OCH3 is 2. The Labute approximate surface area is 179 Å². The Bertz CT molecular complexity index is 1060. The molecule has 1 atom stereocenters. The Morgan fingerprint density at radius 3 is 2.53 bits per heavy atom. The molecular weight excluding hydrogens is 401 g/mol. The van der Waals surface area contributed by atoms with Gasteiger partial charge in [-0.2, -0.15) is 0 Å². The summed E-state index contributed by atoms with van der Waals surface area (Å²) in [6.07, 6.45) is 4.00. The first-order valence-electron chi connectivity index (χ1n) is 9.63. The van der Waals surface area contributed by atoms with Crippen molar-refractivity contribution in [1.82, 2.24) is 4.90 Å². The minimum Gasteiger partial charge on any atom is -0.493 e. The normalized spacial score (nSPS) is 15.8. The highest BCUT2D eigenvalue weighted by molar-refractivity contribution is 7.10. The monoisotopic (exact) mass is 423 g/mol. The Kier molecular flexibility index (Phi) is 5.86. The molecule has 1 unspecified atom stereocenters. The minimum absolute atomic E-state index is 0.0850. The summed E-state index contributed by atoms with van der Waals surface area (Å²) < 4.78 is 24.1. The third kappa shape index (κ3) is 3.96. The first kappa shape index (κ1) is 20.2. The van der Waals surface area contributed by atoms with E-state index >= 15 is 0 Å². The van der Waals surface area contributed by atoms with Crippen LogP contribution in [0.1, 0.15) is 27.6 Å². The van der Waals surface area contributed by atoms with Crippen molar-refractivity contribution >= 4 is 23.3 Å². The summed E-state index contributed by atoms with van der Waals surface area (Å²) in [5, 5.41) is 2.02. The zero-order chi connectivity index (χ0) is 21.1. The van der Waals surface area contributed by atoms with Crippen LogP contribution in [0.5, 0.6) is 11.5 Å². The lowest BCUT2D eigenvalue weighted by Crippen LogP contribution is -2.39. The summed E-state index contributed by atoms with van der Waals surface area (Å²) in [5.74, 6) is 0.956. The molecule has 0 aliphatic carbocycles. The van der Waals surface area contributed by atoms with Crippen molar-refractivity contribution in [2.24, 2.45) is 0 Å². The summed E-state index contributed by atoms with van der Waals surface area (Å²) in [5.41, 5.74) is 2.98. The molecular formula is C24H22FNO3S.